The van der Waals surface area contributed by atoms with Crippen molar-refractivity contribution in [2.45, 2.75) is 91.2 Å². The molecule has 0 fully saturated rings. The van der Waals surface area contributed by atoms with Crippen LogP contribution in [0.15, 0.2) is 53.4 Å². The first kappa shape index (κ1) is 33.5. The number of nitrogens with zero attached hydrogens (tertiary/aromatic N) is 2. The van der Waals surface area contributed by atoms with Crippen LogP contribution >= 0.6 is 0 Å². The van der Waals surface area contributed by atoms with Crippen LogP contribution in [-0.4, -0.2) is 47.2 Å². The van der Waals surface area contributed by atoms with Gasteiger partial charge in [0, 0.05) is 17.3 Å². The van der Waals surface area contributed by atoms with Crippen molar-refractivity contribution >= 4 is 28.0 Å². The number of ether oxygens (including phenoxy) is 1. The van der Waals surface area contributed by atoms with Crippen molar-refractivity contribution < 1.29 is 27.9 Å². The van der Waals surface area contributed by atoms with Crippen LogP contribution in [0.25, 0.3) is 11.3 Å². The molecule has 3 rings (SSSR count). The number of rotatable bonds is 10. The van der Waals surface area contributed by atoms with E-state index >= 15 is 0 Å². The molecule has 0 aliphatic heterocycles. The SMILES string of the molecule is Cc1cccc(C)c1-c1cc(CC[C@@H](CC(C)(C)C)NC(=O)OC(C)(C)C)nc(NS(=O)(=O)c2cccc(C(=O)O)c2)n1. The third-order valence-electron chi connectivity index (χ3n) is 6.46. The van der Waals surface area contributed by atoms with Crippen LogP contribution in [0.4, 0.5) is 10.7 Å². The van der Waals surface area contributed by atoms with E-state index in [2.05, 4.69) is 40.8 Å². The number of alkyl carbamates (subject to hydrolysis) is 1. The van der Waals surface area contributed by atoms with Crippen LogP contribution in [0.3, 0.4) is 0 Å². The number of amides is 1. The average Bonchev–Trinajstić information content (AvgIpc) is 2.85. The largest absolute Gasteiger partial charge is 0.478 e. The molecule has 10 nitrogen and oxygen atoms in total. The number of benzene rings is 2. The molecular weight excluding hydrogens is 568 g/mol. The molecule has 0 saturated heterocycles. The lowest BCUT2D eigenvalue weighted by molar-refractivity contribution is 0.0489. The van der Waals surface area contributed by atoms with Gasteiger partial charge in [0.05, 0.1) is 16.2 Å². The highest BCUT2D eigenvalue weighted by molar-refractivity contribution is 7.92. The molecule has 1 aromatic heterocycles. The molecule has 43 heavy (non-hydrogen) atoms. The zero-order valence-corrected chi connectivity index (χ0v) is 26.9. The van der Waals surface area contributed by atoms with Crippen LogP contribution in [0.5, 0.6) is 0 Å². The highest BCUT2D eigenvalue weighted by atomic mass is 32.2. The maximum absolute atomic E-state index is 13.3. The van der Waals surface area contributed by atoms with Gasteiger partial charge in [-0.05, 0) is 94.7 Å². The van der Waals surface area contributed by atoms with Crippen LogP contribution in [0, 0.1) is 19.3 Å². The average molecular weight is 611 g/mol. The number of carbonyl (C=O) groups excluding carboxylic acids is 1. The summed E-state index contributed by atoms with van der Waals surface area (Å²) in [5.41, 5.74) is 3.03. The van der Waals surface area contributed by atoms with E-state index in [4.69, 9.17) is 4.74 Å². The summed E-state index contributed by atoms with van der Waals surface area (Å²) in [7, 11) is -4.21. The van der Waals surface area contributed by atoms with Gasteiger partial charge < -0.3 is 15.2 Å². The summed E-state index contributed by atoms with van der Waals surface area (Å²) in [4.78, 5) is 32.9. The molecule has 3 aromatic rings. The number of aromatic nitrogens is 2. The summed E-state index contributed by atoms with van der Waals surface area (Å²) in [6.45, 7) is 15.6. The van der Waals surface area contributed by atoms with Gasteiger partial charge in [-0.25, -0.2) is 32.7 Å². The Morgan fingerprint density at radius 1 is 0.953 bits per heavy atom. The van der Waals surface area contributed by atoms with E-state index in [1.807, 2.05) is 58.9 Å². The summed E-state index contributed by atoms with van der Waals surface area (Å²) in [5, 5.41) is 12.3. The monoisotopic (exact) mass is 610 g/mol. The Morgan fingerprint density at radius 2 is 1.58 bits per heavy atom. The number of aromatic carboxylic acids is 1. The van der Waals surface area contributed by atoms with Gasteiger partial charge in [0.1, 0.15) is 5.60 Å². The van der Waals surface area contributed by atoms with E-state index in [0.717, 1.165) is 22.8 Å². The maximum Gasteiger partial charge on any atom is 0.407 e. The lowest BCUT2D eigenvalue weighted by Crippen LogP contribution is -2.41. The molecule has 1 heterocycles. The van der Waals surface area contributed by atoms with E-state index in [9.17, 15) is 23.1 Å². The zero-order chi connectivity index (χ0) is 32.2. The van der Waals surface area contributed by atoms with E-state index in [-0.39, 0.29) is 27.9 Å². The van der Waals surface area contributed by atoms with Gasteiger partial charge in [-0.1, -0.05) is 45.0 Å². The molecule has 232 valence electrons. The fourth-order valence-electron chi connectivity index (χ4n) is 4.75. The number of hydrogen-bond acceptors (Lipinski definition) is 7. The number of aryl methyl sites for hydroxylation is 3. The summed E-state index contributed by atoms with van der Waals surface area (Å²) in [5.74, 6) is -1.37. The molecule has 0 aliphatic carbocycles. The van der Waals surface area contributed by atoms with Crippen molar-refractivity contribution in [3.8, 4) is 11.3 Å². The van der Waals surface area contributed by atoms with Gasteiger partial charge in [-0.2, -0.15) is 0 Å². The predicted molar refractivity (Wildman–Crippen MR) is 167 cm³/mol. The predicted octanol–water partition coefficient (Wildman–Crippen LogP) is 6.52. The Balaban J connectivity index is 2.00. The molecular formula is C32H42N4O6S. The standard InChI is InChI=1S/C32H42N4O6S/c1-20-11-9-12-21(2)27(20)26-18-23(15-16-24(19-31(3,4)5)34-30(39)42-32(6,7)8)33-29(35-26)36-43(40,41)25-14-10-13-22(17-25)28(37)38/h9-14,17-18,24H,15-16,19H2,1-8H3,(H,34,39)(H,37,38)(H,33,35,36)/t24-/m0/s1. The number of carboxylic acids is 1. The summed E-state index contributed by atoms with van der Waals surface area (Å²) in [6.07, 6.45) is 1.12. The second kappa shape index (κ2) is 13.1. The fraction of sp³-hybridized carbons (Fsp3) is 0.438. The molecule has 3 N–H and O–H groups in total. The third kappa shape index (κ3) is 10.1. The third-order valence-corrected chi connectivity index (χ3v) is 7.79. The van der Waals surface area contributed by atoms with E-state index < -0.39 is 27.7 Å². The lowest BCUT2D eigenvalue weighted by Gasteiger charge is -2.28. The number of carboxylic acid groups (broad SMARTS) is 1. The number of anilines is 1. The van der Waals surface area contributed by atoms with Crippen molar-refractivity contribution in [1.82, 2.24) is 15.3 Å². The van der Waals surface area contributed by atoms with E-state index in [0.29, 0.717) is 30.7 Å². The molecule has 0 aliphatic rings. The molecule has 0 unspecified atom stereocenters. The van der Waals surface area contributed by atoms with Crippen LogP contribution < -0.4 is 10.0 Å². The van der Waals surface area contributed by atoms with Crippen molar-refractivity contribution in [2.75, 3.05) is 4.72 Å². The lowest BCUT2D eigenvalue weighted by atomic mass is 9.86. The van der Waals surface area contributed by atoms with Crippen molar-refractivity contribution in [3.63, 3.8) is 0 Å². The summed E-state index contributed by atoms with van der Waals surface area (Å²) < 4.78 is 34.5. The van der Waals surface area contributed by atoms with Crippen molar-refractivity contribution in [2.24, 2.45) is 5.41 Å². The first-order chi connectivity index (χ1) is 19.8. The highest BCUT2D eigenvalue weighted by Gasteiger charge is 2.25. The molecule has 11 heteroatoms. The van der Waals surface area contributed by atoms with Crippen LogP contribution in [0.2, 0.25) is 0 Å². The van der Waals surface area contributed by atoms with E-state index in [1.165, 1.54) is 18.2 Å². The van der Waals surface area contributed by atoms with Gasteiger partial charge in [-0.3, -0.25) is 0 Å². The van der Waals surface area contributed by atoms with Gasteiger partial charge in [0.25, 0.3) is 10.0 Å². The Kier molecular flexibility index (Phi) is 10.2. The Morgan fingerprint density at radius 3 is 2.16 bits per heavy atom. The molecule has 0 bridgehead atoms. The number of carbonyl (C=O) groups is 2. The fourth-order valence-corrected chi connectivity index (χ4v) is 5.74. The number of hydrogen-bond donors (Lipinski definition) is 3. The smallest absolute Gasteiger partial charge is 0.407 e. The molecule has 1 atom stereocenters. The Labute approximate surface area is 254 Å². The first-order valence-corrected chi connectivity index (χ1v) is 15.6. The number of nitrogens with one attached hydrogen (secondary N) is 2. The molecule has 0 spiro atoms. The van der Waals surface area contributed by atoms with Gasteiger partial charge in [0.2, 0.25) is 5.95 Å². The minimum absolute atomic E-state index is 0.0833. The Bertz CT molecular complexity index is 1570. The second-order valence-corrected chi connectivity index (χ2v) is 14.6. The summed E-state index contributed by atoms with van der Waals surface area (Å²) in [6, 6.07) is 12.5. The van der Waals surface area contributed by atoms with Gasteiger partial charge in [0.15, 0.2) is 0 Å². The minimum Gasteiger partial charge on any atom is -0.478 e. The molecule has 0 saturated carbocycles. The normalized spacial score (nSPS) is 12.8. The van der Waals surface area contributed by atoms with E-state index in [1.54, 1.807) is 0 Å². The van der Waals surface area contributed by atoms with Gasteiger partial charge >= 0.3 is 12.1 Å². The second-order valence-electron chi connectivity index (χ2n) is 12.9. The topological polar surface area (TPSA) is 148 Å². The summed E-state index contributed by atoms with van der Waals surface area (Å²) >= 11 is 0. The molecule has 2 aromatic carbocycles. The Hall–Kier alpha value is -3.99. The molecule has 1 amide bonds. The zero-order valence-electron chi connectivity index (χ0n) is 26.1. The van der Waals surface area contributed by atoms with Crippen LogP contribution in [0.1, 0.15) is 81.6 Å². The molecule has 0 radical (unpaired) electrons. The minimum atomic E-state index is -4.21. The van der Waals surface area contributed by atoms with Crippen molar-refractivity contribution in [1.29, 1.82) is 0 Å². The van der Waals surface area contributed by atoms with Crippen molar-refractivity contribution in [3.05, 3.63) is 70.9 Å². The van der Waals surface area contributed by atoms with Crippen LogP contribution in [-0.2, 0) is 21.2 Å². The highest BCUT2D eigenvalue weighted by Crippen LogP contribution is 2.29. The number of sulfonamides is 1. The maximum atomic E-state index is 13.3. The first-order valence-electron chi connectivity index (χ1n) is 14.1. The van der Waals surface area contributed by atoms with Gasteiger partial charge in [-0.15, -0.1) is 0 Å². The quantitative estimate of drug-likeness (QED) is 0.235.